The first-order valence-corrected chi connectivity index (χ1v) is 21.2. The van der Waals surface area contributed by atoms with Gasteiger partial charge in [0.25, 0.3) is 0 Å². The van der Waals surface area contributed by atoms with Gasteiger partial charge in [0.1, 0.15) is 25.4 Å². The number of esters is 2. The van der Waals surface area contributed by atoms with Gasteiger partial charge < -0.3 is 24.4 Å². The van der Waals surface area contributed by atoms with Crippen molar-refractivity contribution in [2.24, 2.45) is 0 Å². The minimum absolute atomic E-state index is 0.0592. The minimum Gasteiger partial charge on any atom is -0.463 e. The zero-order chi connectivity index (χ0) is 35.9. The van der Waals surface area contributed by atoms with Crippen molar-refractivity contribution in [3.8, 4) is 0 Å². The highest BCUT2D eigenvalue weighted by molar-refractivity contribution is 5.69. The number of ether oxygens (including phenoxy) is 3. The zero-order valence-electron chi connectivity index (χ0n) is 32.5. The fraction of sp³-hybridized carbons (Fsp3) is 0.952. The van der Waals surface area contributed by atoms with Gasteiger partial charge in [-0.25, -0.2) is 0 Å². The molecule has 0 bridgehead atoms. The third kappa shape index (κ3) is 39.5. The molecule has 7 heteroatoms. The number of hydrogen-bond acceptors (Lipinski definition) is 7. The molecular formula is C42H82O7. The molecule has 0 spiro atoms. The second-order valence-corrected chi connectivity index (χ2v) is 14.6. The van der Waals surface area contributed by atoms with E-state index in [1.807, 2.05) is 0 Å². The van der Waals surface area contributed by atoms with Crippen LogP contribution in [0.5, 0.6) is 0 Å². The van der Waals surface area contributed by atoms with Crippen molar-refractivity contribution >= 4 is 11.9 Å². The average molecular weight is 699 g/mol. The van der Waals surface area contributed by atoms with Crippen LogP contribution >= 0.6 is 0 Å². The number of rotatable bonds is 40. The van der Waals surface area contributed by atoms with Gasteiger partial charge in [0, 0.05) is 12.8 Å². The Balaban J connectivity index is 3.45. The van der Waals surface area contributed by atoms with Crippen LogP contribution in [0, 0.1) is 0 Å². The maximum absolute atomic E-state index is 12.0. The molecule has 0 aliphatic rings. The molecule has 2 N–H and O–H groups in total. The van der Waals surface area contributed by atoms with Crippen LogP contribution < -0.4 is 0 Å². The molecule has 7 nitrogen and oxygen atoms in total. The van der Waals surface area contributed by atoms with Crippen molar-refractivity contribution in [2.75, 3.05) is 26.4 Å². The average Bonchev–Trinajstić information content (AvgIpc) is 3.09. The maximum atomic E-state index is 12.0. The smallest absolute Gasteiger partial charge is 0.305 e. The first-order valence-electron chi connectivity index (χ1n) is 21.2. The number of carbonyl (C=O) groups is 2. The highest BCUT2D eigenvalue weighted by atomic mass is 16.6. The number of hydrogen-bond donors (Lipinski definition) is 2. The maximum Gasteiger partial charge on any atom is 0.305 e. The normalized spacial score (nSPS) is 12.7. The third-order valence-electron chi connectivity index (χ3n) is 9.46. The molecule has 0 fully saturated rings. The summed E-state index contributed by atoms with van der Waals surface area (Å²) in [6.07, 6.45) is 37.3. The SMILES string of the molecule is CCCCCCCCCCCCCCCCCC(=O)OCC(O)COCC(O)COC(=O)CCCCCCCCCCCCCCCCC. The van der Waals surface area contributed by atoms with Crippen molar-refractivity contribution < 1.29 is 34.0 Å². The lowest BCUT2D eigenvalue weighted by Gasteiger charge is -2.15. The summed E-state index contributed by atoms with van der Waals surface area (Å²) in [5.41, 5.74) is 0. The van der Waals surface area contributed by atoms with Crippen LogP contribution in [-0.4, -0.2) is 60.8 Å². The fourth-order valence-electron chi connectivity index (χ4n) is 6.24. The molecule has 0 radical (unpaired) electrons. The summed E-state index contributed by atoms with van der Waals surface area (Å²) in [4.78, 5) is 23.9. The summed E-state index contributed by atoms with van der Waals surface area (Å²) >= 11 is 0. The van der Waals surface area contributed by atoms with Crippen molar-refractivity contribution in [1.29, 1.82) is 0 Å². The zero-order valence-corrected chi connectivity index (χ0v) is 32.5. The van der Waals surface area contributed by atoms with E-state index in [0.29, 0.717) is 12.8 Å². The highest BCUT2D eigenvalue weighted by Gasteiger charge is 2.13. The summed E-state index contributed by atoms with van der Waals surface area (Å²) in [5, 5.41) is 20.1. The lowest BCUT2D eigenvalue weighted by Crippen LogP contribution is -2.28. The van der Waals surface area contributed by atoms with E-state index in [4.69, 9.17) is 14.2 Å². The van der Waals surface area contributed by atoms with Gasteiger partial charge in [0.05, 0.1) is 13.2 Å². The standard InChI is InChI=1S/C42H82O7/c1-3-5-7-9-11-13-15-17-19-21-23-25-27-29-31-33-41(45)48-37-39(43)35-47-36-40(44)38-49-42(46)34-32-30-28-26-24-22-20-18-16-14-12-10-8-6-4-2/h39-40,43-44H,3-38H2,1-2H3. The number of unbranched alkanes of at least 4 members (excludes halogenated alkanes) is 28. The second kappa shape index (κ2) is 39.6. The predicted octanol–water partition coefficient (Wildman–Crippen LogP) is 11.3. The summed E-state index contributed by atoms with van der Waals surface area (Å²) in [7, 11) is 0. The molecule has 0 heterocycles. The summed E-state index contributed by atoms with van der Waals surface area (Å²) in [6.45, 7) is 4.17. The molecule has 0 aliphatic heterocycles. The Hall–Kier alpha value is -1.18. The van der Waals surface area contributed by atoms with Crippen LogP contribution in [0.4, 0.5) is 0 Å². The largest absolute Gasteiger partial charge is 0.463 e. The van der Waals surface area contributed by atoms with Gasteiger partial charge in [0.15, 0.2) is 0 Å². The van der Waals surface area contributed by atoms with E-state index in [1.165, 1.54) is 154 Å². The molecule has 0 aliphatic carbocycles. The number of aliphatic hydroxyl groups excluding tert-OH is 2. The van der Waals surface area contributed by atoms with Crippen molar-refractivity contribution in [3.05, 3.63) is 0 Å². The number of aliphatic hydroxyl groups is 2. The molecule has 2 unspecified atom stereocenters. The Kier molecular flexibility index (Phi) is 38.6. The summed E-state index contributed by atoms with van der Waals surface area (Å²) < 4.78 is 15.6. The highest BCUT2D eigenvalue weighted by Crippen LogP contribution is 2.15. The molecular weight excluding hydrogens is 616 g/mol. The van der Waals surface area contributed by atoms with E-state index in [2.05, 4.69) is 13.8 Å². The Morgan fingerprint density at radius 3 is 0.837 bits per heavy atom. The summed E-state index contributed by atoms with van der Waals surface area (Å²) in [6, 6.07) is 0. The van der Waals surface area contributed by atoms with Gasteiger partial charge >= 0.3 is 11.9 Å². The van der Waals surface area contributed by atoms with Crippen LogP contribution in [-0.2, 0) is 23.8 Å². The van der Waals surface area contributed by atoms with Gasteiger partial charge in [-0.1, -0.05) is 194 Å². The van der Waals surface area contributed by atoms with Gasteiger partial charge in [-0.2, -0.15) is 0 Å². The Bertz CT molecular complexity index is 630. The van der Waals surface area contributed by atoms with Crippen LogP contribution in [0.2, 0.25) is 0 Å². The number of carbonyl (C=O) groups excluding carboxylic acids is 2. The van der Waals surface area contributed by atoms with Crippen LogP contribution in [0.15, 0.2) is 0 Å². The third-order valence-corrected chi connectivity index (χ3v) is 9.46. The molecule has 292 valence electrons. The first kappa shape index (κ1) is 47.8. The van der Waals surface area contributed by atoms with E-state index >= 15 is 0 Å². The van der Waals surface area contributed by atoms with Crippen LogP contribution in [0.3, 0.4) is 0 Å². The van der Waals surface area contributed by atoms with Crippen molar-refractivity contribution in [3.63, 3.8) is 0 Å². The monoisotopic (exact) mass is 699 g/mol. The molecule has 49 heavy (non-hydrogen) atoms. The lowest BCUT2D eigenvalue weighted by molar-refractivity contribution is -0.149. The van der Waals surface area contributed by atoms with Crippen LogP contribution in [0.25, 0.3) is 0 Å². The van der Waals surface area contributed by atoms with E-state index in [1.54, 1.807) is 0 Å². The first-order chi connectivity index (χ1) is 24.0. The van der Waals surface area contributed by atoms with Crippen molar-refractivity contribution in [2.45, 2.75) is 232 Å². The second-order valence-electron chi connectivity index (χ2n) is 14.6. The van der Waals surface area contributed by atoms with E-state index < -0.39 is 12.2 Å². The Morgan fingerprint density at radius 2 is 0.592 bits per heavy atom. The van der Waals surface area contributed by atoms with E-state index in [0.717, 1.165) is 38.5 Å². The molecule has 0 aromatic carbocycles. The summed E-state index contributed by atoms with van der Waals surface area (Å²) in [5.74, 6) is -0.593. The van der Waals surface area contributed by atoms with Gasteiger partial charge in [0.2, 0.25) is 0 Å². The van der Waals surface area contributed by atoms with Gasteiger partial charge in [-0.15, -0.1) is 0 Å². The predicted molar refractivity (Wildman–Crippen MR) is 204 cm³/mol. The minimum atomic E-state index is -0.954. The fourth-order valence-corrected chi connectivity index (χ4v) is 6.24. The molecule has 0 rings (SSSR count). The molecule has 0 saturated carbocycles. The molecule has 0 aromatic rings. The van der Waals surface area contributed by atoms with Crippen LogP contribution in [0.1, 0.15) is 219 Å². The lowest BCUT2D eigenvalue weighted by atomic mass is 10.0. The molecule has 0 saturated heterocycles. The quantitative estimate of drug-likeness (QED) is 0.0485. The van der Waals surface area contributed by atoms with Gasteiger partial charge in [-0.3, -0.25) is 9.59 Å². The van der Waals surface area contributed by atoms with Gasteiger partial charge in [-0.05, 0) is 12.8 Å². The topological polar surface area (TPSA) is 102 Å². The van der Waals surface area contributed by atoms with E-state index in [9.17, 15) is 19.8 Å². The molecule has 0 amide bonds. The van der Waals surface area contributed by atoms with Crippen molar-refractivity contribution in [1.82, 2.24) is 0 Å². The molecule has 0 aromatic heterocycles. The molecule has 2 atom stereocenters. The Morgan fingerprint density at radius 1 is 0.367 bits per heavy atom. The van der Waals surface area contributed by atoms with E-state index in [-0.39, 0.29) is 38.4 Å². The Labute approximate surface area is 303 Å².